The maximum Gasteiger partial charge on any atom is 0.225 e. The molecule has 5 rings (SSSR count). The van der Waals surface area contributed by atoms with Gasteiger partial charge in [0.15, 0.2) is 5.82 Å². The first kappa shape index (κ1) is 16.6. The van der Waals surface area contributed by atoms with Crippen LogP contribution in [0.3, 0.4) is 0 Å². The van der Waals surface area contributed by atoms with Gasteiger partial charge in [0.1, 0.15) is 11.3 Å². The molecule has 1 aromatic carbocycles. The third kappa shape index (κ3) is 3.02. The summed E-state index contributed by atoms with van der Waals surface area (Å²) in [5.41, 5.74) is 2.61. The summed E-state index contributed by atoms with van der Waals surface area (Å²) in [6.07, 6.45) is 7.12. The number of piperazine rings is 1. The monoisotopic (exact) mass is 375 g/mol. The first-order valence-corrected chi connectivity index (χ1v) is 9.15. The van der Waals surface area contributed by atoms with E-state index in [9.17, 15) is 4.39 Å². The van der Waals surface area contributed by atoms with Crippen molar-refractivity contribution < 1.29 is 4.39 Å². The topological polar surface area (TPSA) is 62.5 Å². The normalized spacial score (nSPS) is 14.6. The molecule has 0 unspecified atom stereocenters. The Balaban J connectivity index is 1.41. The van der Waals surface area contributed by atoms with Gasteiger partial charge in [-0.1, -0.05) is 0 Å². The van der Waals surface area contributed by atoms with E-state index in [1.54, 1.807) is 30.7 Å². The summed E-state index contributed by atoms with van der Waals surface area (Å²) in [7, 11) is 0. The van der Waals surface area contributed by atoms with Crippen LogP contribution in [-0.2, 0) is 0 Å². The second kappa shape index (κ2) is 6.88. The van der Waals surface area contributed by atoms with Gasteiger partial charge in [0.25, 0.3) is 0 Å². The van der Waals surface area contributed by atoms with Gasteiger partial charge in [-0.05, 0) is 36.4 Å². The molecule has 0 amide bonds. The van der Waals surface area contributed by atoms with Crippen molar-refractivity contribution in [2.45, 2.75) is 0 Å². The molecule has 0 saturated carbocycles. The summed E-state index contributed by atoms with van der Waals surface area (Å²) >= 11 is 0. The second-order valence-electron chi connectivity index (χ2n) is 6.64. The Morgan fingerprint density at radius 1 is 0.821 bits per heavy atom. The lowest BCUT2D eigenvalue weighted by Gasteiger charge is -2.35. The van der Waals surface area contributed by atoms with Gasteiger partial charge in [0.2, 0.25) is 5.95 Å². The van der Waals surface area contributed by atoms with Crippen LogP contribution in [0.15, 0.2) is 61.2 Å². The van der Waals surface area contributed by atoms with E-state index in [0.29, 0.717) is 0 Å². The number of anilines is 2. The highest BCUT2D eigenvalue weighted by Crippen LogP contribution is 2.26. The van der Waals surface area contributed by atoms with Crippen LogP contribution in [0.1, 0.15) is 0 Å². The Morgan fingerprint density at radius 2 is 1.54 bits per heavy atom. The molecule has 1 fully saturated rings. The quantitative estimate of drug-likeness (QED) is 0.549. The van der Waals surface area contributed by atoms with E-state index >= 15 is 0 Å². The van der Waals surface area contributed by atoms with E-state index in [2.05, 4.69) is 29.9 Å². The smallest absolute Gasteiger partial charge is 0.225 e. The van der Waals surface area contributed by atoms with Crippen molar-refractivity contribution in [1.29, 1.82) is 0 Å². The molecule has 140 valence electrons. The van der Waals surface area contributed by atoms with Gasteiger partial charge >= 0.3 is 0 Å². The number of nitrogens with zero attached hydrogens (tertiary/aromatic N) is 7. The van der Waals surface area contributed by atoms with Gasteiger partial charge in [-0.15, -0.1) is 0 Å². The Hall–Kier alpha value is -3.55. The Labute approximate surface area is 161 Å². The standard InChI is InChI=1S/C20H18FN7/c21-16-4-2-15(3-5-16)17-14-18-19(22-8-9-28(18)25-17)26-10-12-27(13-11-26)20-23-6-1-7-24-20/h1-9,14H,10-13H2. The van der Waals surface area contributed by atoms with Crippen LogP contribution in [-0.4, -0.2) is 50.7 Å². The van der Waals surface area contributed by atoms with Crippen molar-refractivity contribution in [3.05, 3.63) is 67.0 Å². The fraction of sp³-hybridized carbons (Fsp3) is 0.200. The maximum absolute atomic E-state index is 13.2. The molecule has 0 spiro atoms. The van der Waals surface area contributed by atoms with E-state index < -0.39 is 0 Å². The fourth-order valence-electron chi connectivity index (χ4n) is 3.49. The number of fused-ring (bicyclic) bond motifs is 1. The lowest BCUT2D eigenvalue weighted by atomic mass is 10.1. The molecule has 8 heteroatoms. The molecule has 1 saturated heterocycles. The Kier molecular flexibility index (Phi) is 4.08. The number of hydrogen-bond acceptors (Lipinski definition) is 6. The van der Waals surface area contributed by atoms with Gasteiger partial charge < -0.3 is 9.80 Å². The average molecular weight is 375 g/mol. The molecule has 1 aliphatic rings. The van der Waals surface area contributed by atoms with Crippen molar-refractivity contribution in [2.75, 3.05) is 36.0 Å². The molecule has 0 radical (unpaired) electrons. The molecular formula is C20H18FN7. The third-order valence-electron chi connectivity index (χ3n) is 4.92. The minimum Gasteiger partial charge on any atom is -0.351 e. The zero-order chi connectivity index (χ0) is 18.9. The second-order valence-corrected chi connectivity index (χ2v) is 6.64. The summed E-state index contributed by atoms with van der Waals surface area (Å²) in [5.74, 6) is 1.41. The fourth-order valence-corrected chi connectivity index (χ4v) is 3.49. The minimum atomic E-state index is -0.255. The predicted octanol–water partition coefficient (Wildman–Crippen LogP) is 2.65. The predicted molar refractivity (Wildman–Crippen MR) is 105 cm³/mol. The summed E-state index contributed by atoms with van der Waals surface area (Å²) in [6, 6.07) is 10.2. The first-order valence-electron chi connectivity index (χ1n) is 9.15. The third-order valence-corrected chi connectivity index (χ3v) is 4.92. The molecule has 0 atom stereocenters. The number of aromatic nitrogens is 5. The van der Waals surface area contributed by atoms with Crippen LogP contribution in [0, 0.1) is 5.82 Å². The molecular weight excluding hydrogens is 357 g/mol. The number of rotatable bonds is 3. The SMILES string of the molecule is Fc1ccc(-c2cc3c(N4CCN(c5ncccn5)CC4)nccn3n2)cc1. The van der Waals surface area contributed by atoms with Crippen LogP contribution < -0.4 is 9.80 Å². The van der Waals surface area contributed by atoms with Gasteiger partial charge in [0, 0.05) is 56.5 Å². The summed E-state index contributed by atoms with van der Waals surface area (Å²) < 4.78 is 15.0. The highest BCUT2D eigenvalue weighted by molar-refractivity contribution is 5.75. The van der Waals surface area contributed by atoms with Crippen LogP contribution in [0.25, 0.3) is 16.8 Å². The van der Waals surface area contributed by atoms with E-state index in [1.165, 1.54) is 12.1 Å². The van der Waals surface area contributed by atoms with Crippen LogP contribution in [0.5, 0.6) is 0 Å². The van der Waals surface area contributed by atoms with E-state index in [0.717, 1.165) is 54.7 Å². The summed E-state index contributed by atoms with van der Waals surface area (Å²) in [4.78, 5) is 17.7. The van der Waals surface area contributed by atoms with Gasteiger partial charge in [-0.3, -0.25) is 0 Å². The Morgan fingerprint density at radius 3 is 2.29 bits per heavy atom. The molecule has 1 aliphatic heterocycles. The number of hydrogen-bond donors (Lipinski definition) is 0. The van der Waals surface area contributed by atoms with Gasteiger partial charge in [0.05, 0.1) is 5.69 Å². The molecule has 0 bridgehead atoms. The zero-order valence-electron chi connectivity index (χ0n) is 15.1. The first-order chi connectivity index (χ1) is 13.8. The van der Waals surface area contributed by atoms with Crippen molar-refractivity contribution in [3.63, 3.8) is 0 Å². The van der Waals surface area contributed by atoms with Crippen molar-refractivity contribution in [3.8, 4) is 11.3 Å². The van der Waals surface area contributed by atoms with Crippen LogP contribution in [0.4, 0.5) is 16.2 Å². The minimum absolute atomic E-state index is 0.255. The average Bonchev–Trinajstić information content (AvgIpc) is 3.19. The largest absolute Gasteiger partial charge is 0.351 e. The van der Waals surface area contributed by atoms with E-state index in [1.807, 2.05) is 22.8 Å². The van der Waals surface area contributed by atoms with Crippen molar-refractivity contribution >= 4 is 17.3 Å². The van der Waals surface area contributed by atoms with Crippen molar-refractivity contribution in [2.24, 2.45) is 0 Å². The lowest BCUT2D eigenvalue weighted by molar-refractivity contribution is 0.628. The lowest BCUT2D eigenvalue weighted by Crippen LogP contribution is -2.47. The van der Waals surface area contributed by atoms with E-state index in [4.69, 9.17) is 0 Å². The Bertz CT molecular complexity index is 1090. The number of benzene rings is 1. The highest BCUT2D eigenvalue weighted by Gasteiger charge is 2.22. The highest BCUT2D eigenvalue weighted by atomic mass is 19.1. The van der Waals surface area contributed by atoms with Gasteiger partial charge in [-0.25, -0.2) is 23.9 Å². The molecule has 0 aliphatic carbocycles. The molecule has 3 aromatic heterocycles. The molecule has 0 N–H and O–H groups in total. The molecule has 4 aromatic rings. The molecule has 7 nitrogen and oxygen atoms in total. The molecule has 4 heterocycles. The summed E-state index contributed by atoms with van der Waals surface area (Å²) in [6.45, 7) is 3.29. The zero-order valence-corrected chi connectivity index (χ0v) is 15.1. The maximum atomic E-state index is 13.2. The van der Waals surface area contributed by atoms with E-state index in [-0.39, 0.29) is 5.82 Å². The van der Waals surface area contributed by atoms with Crippen LogP contribution in [0.2, 0.25) is 0 Å². The molecule has 28 heavy (non-hydrogen) atoms. The number of halogens is 1. The van der Waals surface area contributed by atoms with Gasteiger partial charge in [-0.2, -0.15) is 5.10 Å². The summed E-state index contributed by atoms with van der Waals surface area (Å²) in [5, 5.41) is 4.63. The van der Waals surface area contributed by atoms with Crippen LogP contribution >= 0.6 is 0 Å². The van der Waals surface area contributed by atoms with Crippen molar-refractivity contribution in [1.82, 2.24) is 24.6 Å².